The summed E-state index contributed by atoms with van der Waals surface area (Å²) in [6.45, 7) is 4.98. The number of benzene rings is 2. The van der Waals surface area contributed by atoms with E-state index in [-0.39, 0.29) is 5.38 Å². The van der Waals surface area contributed by atoms with E-state index in [2.05, 4.69) is 47.9 Å². The highest BCUT2D eigenvalue weighted by atomic mass is 35.5. The van der Waals surface area contributed by atoms with Gasteiger partial charge in [0.25, 0.3) is 0 Å². The van der Waals surface area contributed by atoms with Crippen LogP contribution in [0.2, 0.25) is 0 Å². The van der Waals surface area contributed by atoms with Crippen LogP contribution in [-0.4, -0.2) is 9.55 Å². The molecule has 3 aromatic rings. The zero-order chi connectivity index (χ0) is 14.8. The van der Waals surface area contributed by atoms with Gasteiger partial charge in [-0.15, -0.1) is 11.6 Å². The van der Waals surface area contributed by atoms with Gasteiger partial charge >= 0.3 is 0 Å². The lowest BCUT2D eigenvalue weighted by molar-refractivity contribution is 0.736. The predicted molar refractivity (Wildman–Crippen MR) is 88.9 cm³/mol. The van der Waals surface area contributed by atoms with Gasteiger partial charge in [0.05, 0.1) is 16.4 Å². The summed E-state index contributed by atoms with van der Waals surface area (Å²) in [5, 5.41) is -0.105. The summed E-state index contributed by atoms with van der Waals surface area (Å²) in [6.07, 6.45) is 1.04. The Labute approximate surface area is 130 Å². The van der Waals surface area contributed by atoms with Crippen molar-refractivity contribution in [1.29, 1.82) is 0 Å². The lowest BCUT2D eigenvalue weighted by Crippen LogP contribution is -2.07. The number of rotatable bonds is 4. The first-order chi connectivity index (χ1) is 10.2. The fourth-order valence-electron chi connectivity index (χ4n) is 2.79. The summed E-state index contributed by atoms with van der Waals surface area (Å²) in [6, 6.07) is 16.8. The molecule has 3 heteroatoms. The van der Waals surface area contributed by atoms with Crippen LogP contribution in [-0.2, 0) is 13.0 Å². The summed E-state index contributed by atoms with van der Waals surface area (Å²) in [7, 11) is 0. The second-order valence-electron chi connectivity index (χ2n) is 5.28. The van der Waals surface area contributed by atoms with Gasteiger partial charge in [0.1, 0.15) is 5.82 Å². The minimum atomic E-state index is -0.105. The van der Waals surface area contributed by atoms with Crippen molar-refractivity contribution in [3.8, 4) is 0 Å². The molecule has 2 nitrogen and oxygen atoms in total. The van der Waals surface area contributed by atoms with E-state index < -0.39 is 0 Å². The van der Waals surface area contributed by atoms with Crippen LogP contribution in [0.3, 0.4) is 0 Å². The van der Waals surface area contributed by atoms with Crippen molar-refractivity contribution in [2.75, 3.05) is 0 Å². The van der Waals surface area contributed by atoms with Crippen LogP contribution >= 0.6 is 11.6 Å². The Morgan fingerprint density at radius 2 is 1.71 bits per heavy atom. The Kier molecular flexibility index (Phi) is 3.98. The molecule has 0 spiro atoms. The van der Waals surface area contributed by atoms with Gasteiger partial charge in [0.15, 0.2) is 0 Å². The van der Waals surface area contributed by atoms with E-state index in [0.29, 0.717) is 0 Å². The summed E-state index contributed by atoms with van der Waals surface area (Å²) < 4.78 is 2.24. The number of nitrogens with zero attached hydrogens (tertiary/aromatic N) is 2. The number of para-hydroxylation sites is 2. The third-order valence-electron chi connectivity index (χ3n) is 3.87. The van der Waals surface area contributed by atoms with Crippen molar-refractivity contribution in [3.05, 3.63) is 65.5 Å². The Hall–Kier alpha value is -1.80. The topological polar surface area (TPSA) is 17.8 Å². The largest absolute Gasteiger partial charge is 0.322 e. The van der Waals surface area contributed by atoms with Crippen LogP contribution in [0.15, 0.2) is 48.5 Å². The third kappa shape index (κ3) is 2.68. The van der Waals surface area contributed by atoms with Crippen molar-refractivity contribution in [2.45, 2.75) is 32.2 Å². The Bertz CT molecular complexity index is 759. The summed E-state index contributed by atoms with van der Waals surface area (Å²) >= 11 is 6.34. The molecule has 0 N–H and O–H groups in total. The van der Waals surface area contributed by atoms with Crippen molar-refractivity contribution in [1.82, 2.24) is 9.55 Å². The molecule has 0 saturated heterocycles. The van der Waals surface area contributed by atoms with Crippen molar-refractivity contribution >= 4 is 22.6 Å². The number of imidazole rings is 1. The first kappa shape index (κ1) is 14.2. The maximum absolute atomic E-state index is 6.34. The van der Waals surface area contributed by atoms with Gasteiger partial charge < -0.3 is 4.57 Å². The molecule has 0 amide bonds. The van der Waals surface area contributed by atoms with E-state index in [4.69, 9.17) is 16.6 Å². The van der Waals surface area contributed by atoms with Gasteiger partial charge in [0, 0.05) is 6.54 Å². The molecule has 1 aromatic heterocycles. The van der Waals surface area contributed by atoms with E-state index in [1.807, 2.05) is 19.1 Å². The number of hydrogen-bond donors (Lipinski definition) is 0. The van der Waals surface area contributed by atoms with Gasteiger partial charge in [-0.2, -0.15) is 0 Å². The van der Waals surface area contributed by atoms with E-state index >= 15 is 0 Å². The van der Waals surface area contributed by atoms with Gasteiger partial charge in [-0.05, 0) is 36.6 Å². The molecule has 2 aromatic carbocycles. The highest BCUT2D eigenvalue weighted by molar-refractivity contribution is 6.20. The van der Waals surface area contributed by atoms with Crippen molar-refractivity contribution in [2.24, 2.45) is 0 Å². The number of alkyl halides is 1. The molecule has 0 aliphatic carbocycles. The molecule has 0 aliphatic heterocycles. The number of hydrogen-bond acceptors (Lipinski definition) is 1. The van der Waals surface area contributed by atoms with Crippen LogP contribution in [0.4, 0.5) is 0 Å². The molecule has 3 rings (SSSR count). The van der Waals surface area contributed by atoms with E-state index in [1.165, 1.54) is 11.1 Å². The minimum Gasteiger partial charge on any atom is -0.322 e. The number of aromatic nitrogens is 2. The molecule has 108 valence electrons. The fourth-order valence-corrected chi connectivity index (χ4v) is 2.96. The number of halogens is 1. The van der Waals surface area contributed by atoms with Crippen LogP contribution in [0.1, 0.15) is 36.2 Å². The molecule has 21 heavy (non-hydrogen) atoms. The van der Waals surface area contributed by atoms with Crippen molar-refractivity contribution < 1.29 is 0 Å². The summed E-state index contributed by atoms with van der Waals surface area (Å²) in [5.74, 6) is 0.934. The highest BCUT2D eigenvalue weighted by Crippen LogP contribution is 2.26. The Morgan fingerprint density at radius 1 is 1.05 bits per heavy atom. The summed E-state index contributed by atoms with van der Waals surface area (Å²) in [4.78, 5) is 4.69. The molecular weight excluding hydrogens is 280 g/mol. The zero-order valence-corrected chi connectivity index (χ0v) is 13.1. The molecule has 1 atom stereocenters. The van der Waals surface area contributed by atoms with Crippen LogP contribution in [0.25, 0.3) is 11.0 Å². The second-order valence-corrected chi connectivity index (χ2v) is 5.94. The average Bonchev–Trinajstić information content (AvgIpc) is 2.87. The lowest BCUT2D eigenvalue weighted by atomic mass is 10.1. The van der Waals surface area contributed by atoms with Gasteiger partial charge in [-0.25, -0.2) is 4.98 Å². The molecule has 0 radical (unpaired) electrons. The smallest absolute Gasteiger partial charge is 0.128 e. The molecule has 0 bridgehead atoms. The summed E-state index contributed by atoms with van der Waals surface area (Å²) in [5.41, 5.74) is 4.87. The maximum atomic E-state index is 6.34. The standard InChI is InChI=1S/C18H19ClN2/c1-3-14-8-4-5-9-15(14)12-21-17-11-7-6-10-16(17)20-18(21)13(2)19/h4-11,13H,3,12H2,1-2H3. The van der Waals surface area contributed by atoms with Crippen LogP contribution < -0.4 is 0 Å². The van der Waals surface area contributed by atoms with E-state index in [9.17, 15) is 0 Å². The lowest BCUT2D eigenvalue weighted by Gasteiger charge is -2.13. The molecule has 0 aliphatic rings. The molecule has 0 fully saturated rings. The van der Waals surface area contributed by atoms with Crippen LogP contribution in [0, 0.1) is 0 Å². The van der Waals surface area contributed by atoms with E-state index in [0.717, 1.165) is 29.8 Å². The Balaban J connectivity index is 2.13. The SMILES string of the molecule is CCc1ccccc1Cn1c(C(C)Cl)nc2ccccc21. The first-order valence-electron chi connectivity index (χ1n) is 7.36. The number of fused-ring (bicyclic) bond motifs is 1. The predicted octanol–water partition coefficient (Wildman–Crippen LogP) is 4.95. The third-order valence-corrected chi connectivity index (χ3v) is 4.06. The van der Waals surface area contributed by atoms with Crippen molar-refractivity contribution in [3.63, 3.8) is 0 Å². The zero-order valence-electron chi connectivity index (χ0n) is 12.4. The fraction of sp³-hybridized carbons (Fsp3) is 0.278. The molecular formula is C18H19ClN2. The Morgan fingerprint density at radius 3 is 2.43 bits per heavy atom. The van der Waals surface area contributed by atoms with Gasteiger partial charge in [-0.3, -0.25) is 0 Å². The van der Waals surface area contributed by atoms with Gasteiger partial charge in [0.2, 0.25) is 0 Å². The van der Waals surface area contributed by atoms with Crippen LogP contribution in [0.5, 0.6) is 0 Å². The molecule has 0 saturated carbocycles. The highest BCUT2D eigenvalue weighted by Gasteiger charge is 2.15. The second kappa shape index (κ2) is 5.90. The quantitative estimate of drug-likeness (QED) is 0.623. The number of aryl methyl sites for hydroxylation is 1. The minimum absolute atomic E-state index is 0.105. The molecule has 1 heterocycles. The maximum Gasteiger partial charge on any atom is 0.128 e. The molecule has 1 unspecified atom stereocenters. The van der Waals surface area contributed by atoms with Gasteiger partial charge in [-0.1, -0.05) is 43.3 Å². The first-order valence-corrected chi connectivity index (χ1v) is 7.80. The average molecular weight is 299 g/mol. The monoisotopic (exact) mass is 298 g/mol. The van der Waals surface area contributed by atoms with E-state index in [1.54, 1.807) is 0 Å². The normalized spacial score (nSPS) is 12.7.